The van der Waals surface area contributed by atoms with Crippen molar-refractivity contribution in [1.29, 1.82) is 0 Å². The molecule has 1 heterocycles. The van der Waals surface area contributed by atoms with Crippen molar-refractivity contribution < 1.29 is 9.90 Å². The van der Waals surface area contributed by atoms with Crippen LogP contribution in [0.3, 0.4) is 0 Å². The molecule has 0 aliphatic heterocycles. The lowest BCUT2D eigenvalue weighted by atomic mass is 10.1. The average Bonchev–Trinajstić information content (AvgIpc) is 2.93. The molecular formula is C16H23NO2S. The van der Waals surface area contributed by atoms with E-state index in [-0.39, 0.29) is 12.5 Å². The zero-order valence-corrected chi connectivity index (χ0v) is 12.9. The Hall–Kier alpha value is -1.31. The molecule has 0 spiro atoms. The Morgan fingerprint density at radius 3 is 2.75 bits per heavy atom. The molecule has 0 aliphatic carbocycles. The van der Waals surface area contributed by atoms with E-state index in [1.54, 1.807) is 6.07 Å². The highest BCUT2D eigenvalue weighted by molar-refractivity contribution is 7.14. The van der Waals surface area contributed by atoms with Crippen LogP contribution in [-0.2, 0) is 0 Å². The summed E-state index contributed by atoms with van der Waals surface area (Å²) < 4.78 is 0. The van der Waals surface area contributed by atoms with E-state index in [0.29, 0.717) is 4.88 Å². The van der Waals surface area contributed by atoms with E-state index < -0.39 is 0 Å². The molecule has 4 heteroatoms. The van der Waals surface area contributed by atoms with Crippen LogP contribution in [0.1, 0.15) is 60.0 Å². The van der Waals surface area contributed by atoms with Crippen molar-refractivity contribution in [2.24, 2.45) is 0 Å². The Morgan fingerprint density at radius 1 is 1.25 bits per heavy atom. The van der Waals surface area contributed by atoms with Gasteiger partial charge in [-0.15, -0.1) is 11.3 Å². The molecule has 0 saturated carbocycles. The van der Waals surface area contributed by atoms with Gasteiger partial charge in [0, 0.05) is 6.54 Å². The van der Waals surface area contributed by atoms with Crippen molar-refractivity contribution in [3.05, 3.63) is 21.9 Å². The van der Waals surface area contributed by atoms with E-state index in [4.69, 9.17) is 5.11 Å². The summed E-state index contributed by atoms with van der Waals surface area (Å²) in [7, 11) is 0. The number of aliphatic hydroxyl groups is 1. The molecule has 3 nitrogen and oxygen atoms in total. The van der Waals surface area contributed by atoms with Gasteiger partial charge in [0.05, 0.1) is 9.75 Å². The molecule has 1 amide bonds. The number of thiophene rings is 1. The summed E-state index contributed by atoms with van der Waals surface area (Å²) in [6.07, 6.45) is 7.33. The molecular weight excluding hydrogens is 270 g/mol. The number of aliphatic hydroxyl groups excluding tert-OH is 1. The maximum atomic E-state index is 11.9. The number of carbonyl (C=O) groups is 1. The number of unbranched alkanes of at least 4 members (excludes halogenated alkanes) is 5. The van der Waals surface area contributed by atoms with Gasteiger partial charge in [0.15, 0.2) is 0 Å². The molecule has 1 aromatic rings. The molecule has 0 aromatic carbocycles. The van der Waals surface area contributed by atoms with E-state index >= 15 is 0 Å². The van der Waals surface area contributed by atoms with Gasteiger partial charge >= 0.3 is 0 Å². The Morgan fingerprint density at radius 2 is 2.00 bits per heavy atom. The van der Waals surface area contributed by atoms with Crippen LogP contribution in [0.25, 0.3) is 0 Å². The topological polar surface area (TPSA) is 49.3 Å². The molecule has 110 valence electrons. The molecule has 0 unspecified atom stereocenters. The van der Waals surface area contributed by atoms with Gasteiger partial charge < -0.3 is 10.4 Å². The maximum Gasteiger partial charge on any atom is 0.261 e. The van der Waals surface area contributed by atoms with Gasteiger partial charge in [-0.2, -0.15) is 0 Å². The fraction of sp³-hybridized carbons (Fsp3) is 0.562. The fourth-order valence-corrected chi connectivity index (χ4v) is 2.65. The van der Waals surface area contributed by atoms with Crippen LogP contribution in [0.2, 0.25) is 0 Å². The monoisotopic (exact) mass is 293 g/mol. The summed E-state index contributed by atoms with van der Waals surface area (Å²) in [4.78, 5) is 13.4. The first-order valence-electron chi connectivity index (χ1n) is 7.25. The number of hydrogen-bond donors (Lipinski definition) is 2. The summed E-state index contributed by atoms with van der Waals surface area (Å²) in [5, 5.41) is 11.5. The SMILES string of the molecule is CCCCCCCCNC(=O)c1ccc(C#CCO)s1. The van der Waals surface area contributed by atoms with E-state index in [9.17, 15) is 4.79 Å². The van der Waals surface area contributed by atoms with Crippen LogP contribution >= 0.6 is 11.3 Å². The predicted octanol–water partition coefficient (Wildman–Crippen LogP) is 3.18. The summed E-state index contributed by atoms with van der Waals surface area (Å²) in [5.41, 5.74) is 0. The largest absolute Gasteiger partial charge is 0.384 e. The Bertz CT molecular complexity index is 457. The second-order valence-electron chi connectivity index (χ2n) is 4.65. The van der Waals surface area contributed by atoms with Crippen LogP contribution in [-0.4, -0.2) is 24.2 Å². The third-order valence-corrected chi connectivity index (χ3v) is 3.94. The van der Waals surface area contributed by atoms with Gasteiger partial charge in [-0.1, -0.05) is 50.9 Å². The summed E-state index contributed by atoms with van der Waals surface area (Å²) in [5.74, 6) is 5.35. The Labute approximate surface area is 125 Å². The molecule has 20 heavy (non-hydrogen) atoms. The highest BCUT2D eigenvalue weighted by atomic mass is 32.1. The van der Waals surface area contributed by atoms with Crippen molar-refractivity contribution in [1.82, 2.24) is 5.32 Å². The third-order valence-electron chi connectivity index (χ3n) is 2.94. The van der Waals surface area contributed by atoms with E-state index in [0.717, 1.165) is 17.8 Å². The lowest BCUT2D eigenvalue weighted by Crippen LogP contribution is -2.23. The standard InChI is InChI=1S/C16H23NO2S/c1-2-3-4-5-6-7-12-17-16(19)15-11-10-14(20-15)9-8-13-18/h10-11,18H,2-7,12-13H2,1H3,(H,17,19). The minimum Gasteiger partial charge on any atom is -0.384 e. The first-order valence-corrected chi connectivity index (χ1v) is 8.07. The van der Waals surface area contributed by atoms with Crippen molar-refractivity contribution in [3.8, 4) is 11.8 Å². The van der Waals surface area contributed by atoms with Gasteiger partial charge in [0.25, 0.3) is 5.91 Å². The van der Waals surface area contributed by atoms with E-state index in [2.05, 4.69) is 24.1 Å². The fourth-order valence-electron chi connectivity index (χ4n) is 1.85. The highest BCUT2D eigenvalue weighted by Crippen LogP contribution is 2.15. The zero-order chi connectivity index (χ0) is 14.6. The number of hydrogen-bond acceptors (Lipinski definition) is 3. The highest BCUT2D eigenvalue weighted by Gasteiger charge is 2.07. The minimum atomic E-state index is -0.155. The number of nitrogens with one attached hydrogen (secondary N) is 1. The first-order chi connectivity index (χ1) is 9.77. The number of rotatable bonds is 8. The predicted molar refractivity (Wildman–Crippen MR) is 84.0 cm³/mol. The maximum absolute atomic E-state index is 11.9. The normalized spacial score (nSPS) is 9.90. The van der Waals surface area contributed by atoms with Crippen molar-refractivity contribution in [3.63, 3.8) is 0 Å². The summed E-state index contributed by atoms with van der Waals surface area (Å²) in [6.45, 7) is 2.79. The second kappa shape index (κ2) is 10.5. The van der Waals surface area contributed by atoms with Crippen LogP contribution < -0.4 is 5.32 Å². The lowest BCUT2D eigenvalue weighted by molar-refractivity contribution is 0.0957. The van der Waals surface area contributed by atoms with Crippen LogP contribution in [0, 0.1) is 11.8 Å². The molecule has 2 N–H and O–H groups in total. The van der Waals surface area contributed by atoms with Crippen molar-refractivity contribution in [2.75, 3.05) is 13.2 Å². The summed E-state index contributed by atoms with van der Waals surface area (Å²) >= 11 is 1.36. The lowest BCUT2D eigenvalue weighted by Gasteiger charge is -2.03. The second-order valence-corrected chi connectivity index (χ2v) is 5.73. The van der Waals surface area contributed by atoms with Gasteiger partial charge in [-0.25, -0.2) is 0 Å². The molecule has 0 aliphatic rings. The van der Waals surface area contributed by atoms with Gasteiger partial charge in [0.2, 0.25) is 0 Å². The molecule has 0 fully saturated rings. The molecule has 1 aromatic heterocycles. The smallest absolute Gasteiger partial charge is 0.261 e. The van der Waals surface area contributed by atoms with Gasteiger partial charge in [-0.3, -0.25) is 4.79 Å². The Balaban J connectivity index is 2.20. The molecule has 1 rings (SSSR count). The summed E-state index contributed by atoms with van der Waals surface area (Å²) in [6, 6.07) is 3.59. The molecule has 0 radical (unpaired) electrons. The van der Waals surface area contributed by atoms with Crippen molar-refractivity contribution in [2.45, 2.75) is 45.4 Å². The third kappa shape index (κ3) is 6.74. The van der Waals surface area contributed by atoms with Crippen LogP contribution in [0.15, 0.2) is 12.1 Å². The van der Waals surface area contributed by atoms with E-state index in [1.165, 1.54) is 43.4 Å². The van der Waals surface area contributed by atoms with Gasteiger partial charge in [-0.05, 0) is 18.6 Å². The molecule has 0 bridgehead atoms. The minimum absolute atomic E-state index is 0.0272. The van der Waals surface area contributed by atoms with E-state index in [1.807, 2.05) is 6.07 Å². The van der Waals surface area contributed by atoms with Gasteiger partial charge in [0.1, 0.15) is 6.61 Å². The van der Waals surface area contributed by atoms with Crippen LogP contribution in [0.4, 0.5) is 0 Å². The molecule has 0 saturated heterocycles. The number of carbonyl (C=O) groups excluding carboxylic acids is 1. The van der Waals surface area contributed by atoms with Crippen LogP contribution in [0.5, 0.6) is 0 Å². The average molecular weight is 293 g/mol. The van der Waals surface area contributed by atoms with Crippen molar-refractivity contribution >= 4 is 17.2 Å². The Kier molecular flexibility index (Phi) is 8.77. The number of amides is 1. The quantitative estimate of drug-likeness (QED) is 0.571. The molecule has 0 atom stereocenters. The zero-order valence-electron chi connectivity index (χ0n) is 12.1. The first kappa shape index (κ1) is 16.7.